The third kappa shape index (κ3) is 2.72. The molecule has 4 nitrogen and oxygen atoms in total. The van der Waals surface area contributed by atoms with Gasteiger partial charge in [0, 0.05) is 18.9 Å². The number of nitriles is 1. The topological polar surface area (TPSA) is 60.2 Å². The third-order valence-corrected chi connectivity index (χ3v) is 2.99. The summed E-state index contributed by atoms with van der Waals surface area (Å²) in [6, 6.07) is 11.4. The van der Waals surface area contributed by atoms with E-state index in [-0.39, 0.29) is 6.61 Å². The molecule has 0 aliphatic carbocycles. The Morgan fingerprint density at radius 1 is 1.32 bits per heavy atom. The maximum absolute atomic E-state index is 9.08. The summed E-state index contributed by atoms with van der Waals surface area (Å²) in [5.74, 6) is 0.835. The van der Waals surface area contributed by atoms with E-state index in [9.17, 15) is 0 Å². The summed E-state index contributed by atoms with van der Waals surface area (Å²) >= 11 is 0. The van der Waals surface area contributed by atoms with Crippen molar-refractivity contribution in [1.82, 2.24) is 4.98 Å². The smallest absolute Gasteiger partial charge is 0.135 e. The normalized spacial score (nSPS) is 10.0. The van der Waals surface area contributed by atoms with Gasteiger partial charge in [-0.3, -0.25) is 0 Å². The lowest BCUT2D eigenvalue weighted by molar-refractivity contribution is 0.281. The zero-order chi connectivity index (χ0) is 13.8. The van der Waals surface area contributed by atoms with E-state index in [1.807, 2.05) is 37.1 Å². The first-order valence-corrected chi connectivity index (χ1v) is 5.96. The molecule has 1 aromatic carbocycles. The predicted molar refractivity (Wildman–Crippen MR) is 74.1 cm³/mol. The van der Waals surface area contributed by atoms with Gasteiger partial charge in [0.15, 0.2) is 0 Å². The van der Waals surface area contributed by atoms with Crippen molar-refractivity contribution in [3.8, 4) is 6.07 Å². The third-order valence-electron chi connectivity index (χ3n) is 2.99. The van der Waals surface area contributed by atoms with Crippen LogP contribution in [0.15, 0.2) is 36.5 Å². The molecular formula is C15H15N3O. The molecule has 2 aromatic rings. The Bertz CT molecular complexity index is 614. The molecule has 0 bridgehead atoms. The van der Waals surface area contributed by atoms with Crippen LogP contribution < -0.4 is 4.90 Å². The number of rotatable bonds is 3. The van der Waals surface area contributed by atoms with Gasteiger partial charge < -0.3 is 10.0 Å². The summed E-state index contributed by atoms with van der Waals surface area (Å²) in [6.07, 6.45) is 1.67. The van der Waals surface area contributed by atoms with Crippen LogP contribution in [0.25, 0.3) is 0 Å². The van der Waals surface area contributed by atoms with E-state index in [2.05, 4.69) is 11.1 Å². The van der Waals surface area contributed by atoms with Crippen LogP contribution in [0, 0.1) is 18.3 Å². The minimum Gasteiger partial charge on any atom is -0.392 e. The summed E-state index contributed by atoms with van der Waals surface area (Å²) in [7, 11) is 1.93. The fourth-order valence-electron chi connectivity index (χ4n) is 1.95. The molecule has 0 unspecified atom stereocenters. The minimum atomic E-state index is -0.00526. The molecule has 96 valence electrons. The van der Waals surface area contributed by atoms with Gasteiger partial charge in [0.05, 0.1) is 18.2 Å². The average Bonchev–Trinajstić information content (AvgIpc) is 2.46. The highest BCUT2D eigenvalue weighted by molar-refractivity contribution is 5.62. The lowest BCUT2D eigenvalue weighted by atomic mass is 10.2. The number of aliphatic hydroxyl groups is 1. The number of aliphatic hydroxyl groups excluding tert-OH is 1. The van der Waals surface area contributed by atoms with Crippen molar-refractivity contribution < 1.29 is 5.11 Å². The standard InChI is InChI=1S/C15H15N3O/c1-11-7-13(10-19)9-17-15(11)18(2)14-5-3-12(8-16)4-6-14/h3-7,9,19H,10H2,1-2H3. The first-order valence-electron chi connectivity index (χ1n) is 5.96. The first-order chi connectivity index (χ1) is 9.15. The summed E-state index contributed by atoms with van der Waals surface area (Å²) in [6.45, 7) is 1.95. The van der Waals surface area contributed by atoms with Crippen LogP contribution in [0.1, 0.15) is 16.7 Å². The molecule has 1 heterocycles. The van der Waals surface area contributed by atoms with E-state index in [0.29, 0.717) is 5.56 Å². The van der Waals surface area contributed by atoms with Crippen molar-refractivity contribution in [3.05, 3.63) is 53.2 Å². The average molecular weight is 253 g/mol. The van der Waals surface area contributed by atoms with Crippen molar-refractivity contribution >= 4 is 11.5 Å². The van der Waals surface area contributed by atoms with Gasteiger partial charge in [-0.25, -0.2) is 4.98 Å². The molecule has 4 heteroatoms. The highest BCUT2D eigenvalue weighted by Crippen LogP contribution is 2.25. The number of hydrogen-bond donors (Lipinski definition) is 1. The van der Waals surface area contributed by atoms with Gasteiger partial charge in [-0.2, -0.15) is 5.26 Å². The number of hydrogen-bond acceptors (Lipinski definition) is 4. The molecule has 0 amide bonds. The second-order valence-corrected chi connectivity index (χ2v) is 4.36. The minimum absolute atomic E-state index is 0.00526. The van der Waals surface area contributed by atoms with Gasteiger partial charge >= 0.3 is 0 Å². The van der Waals surface area contributed by atoms with Crippen LogP contribution in [0.4, 0.5) is 11.5 Å². The van der Waals surface area contributed by atoms with Gasteiger partial charge in [-0.15, -0.1) is 0 Å². The van der Waals surface area contributed by atoms with Gasteiger partial charge in [-0.1, -0.05) is 0 Å². The van der Waals surface area contributed by atoms with Crippen LogP contribution in [-0.4, -0.2) is 17.1 Å². The number of aryl methyl sites for hydroxylation is 1. The largest absolute Gasteiger partial charge is 0.392 e. The van der Waals surface area contributed by atoms with Crippen molar-refractivity contribution in [2.24, 2.45) is 0 Å². The van der Waals surface area contributed by atoms with E-state index < -0.39 is 0 Å². The molecule has 0 fully saturated rings. The summed E-state index contributed by atoms with van der Waals surface area (Å²) < 4.78 is 0. The highest BCUT2D eigenvalue weighted by atomic mass is 16.3. The zero-order valence-corrected chi connectivity index (χ0v) is 11.0. The van der Waals surface area contributed by atoms with E-state index in [0.717, 1.165) is 22.6 Å². The van der Waals surface area contributed by atoms with Gasteiger partial charge in [0.25, 0.3) is 0 Å². The molecule has 0 saturated heterocycles. The Hall–Kier alpha value is -2.38. The molecule has 0 spiro atoms. The Labute approximate surface area is 112 Å². The second-order valence-electron chi connectivity index (χ2n) is 4.36. The Morgan fingerprint density at radius 2 is 2.00 bits per heavy atom. The Morgan fingerprint density at radius 3 is 2.53 bits per heavy atom. The fourth-order valence-corrected chi connectivity index (χ4v) is 1.95. The van der Waals surface area contributed by atoms with Crippen LogP contribution in [-0.2, 0) is 6.61 Å². The summed E-state index contributed by atoms with van der Waals surface area (Å²) in [5.41, 5.74) is 3.40. The molecule has 2 rings (SSSR count). The van der Waals surface area contributed by atoms with Crippen LogP contribution >= 0.6 is 0 Å². The highest BCUT2D eigenvalue weighted by Gasteiger charge is 2.09. The van der Waals surface area contributed by atoms with E-state index in [1.54, 1.807) is 18.3 Å². The maximum Gasteiger partial charge on any atom is 0.135 e. The van der Waals surface area contributed by atoms with Crippen LogP contribution in [0.3, 0.4) is 0 Å². The molecule has 19 heavy (non-hydrogen) atoms. The van der Waals surface area contributed by atoms with Gasteiger partial charge in [-0.05, 0) is 48.4 Å². The number of nitrogens with zero attached hydrogens (tertiary/aromatic N) is 3. The van der Waals surface area contributed by atoms with Crippen LogP contribution in [0.2, 0.25) is 0 Å². The van der Waals surface area contributed by atoms with E-state index >= 15 is 0 Å². The monoisotopic (exact) mass is 253 g/mol. The SMILES string of the molecule is Cc1cc(CO)cnc1N(C)c1ccc(C#N)cc1. The van der Waals surface area contributed by atoms with Crippen molar-refractivity contribution in [2.45, 2.75) is 13.5 Å². The lowest BCUT2D eigenvalue weighted by Gasteiger charge is -2.20. The quantitative estimate of drug-likeness (QED) is 0.913. The number of pyridine rings is 1. The maximum atomic E-state index is 9.08. The Balaban J connectivity index is 2.32. The second kappa shape index (κ2) is 5.51. The molecular weight excluding hydrogens is 238 g/mol. The molecule has 0 atom stereocenters. The summed E-state index contributed by atoms with van der Waals surface area (Å²) in [4.78, 5) is 6.32. The van der Waals surface area contributed by atoms with Crippen molar-refractivity contribution in [1.29, 1.82) is 5.26 Å². The molecule has 1 aromatic heterocycles. The van der Waals surface area contributed by atoms with Crippen molar-refractivity contribution in [3.63, 3.8) is 0 Å². The zero-order valence-electron chi connectivity index (χ0n) is 11.0. The fraction of sp³-hybridized carbons (Fsp3) is 0.200. The Kier molecular flexibility index (Phi) is 3.79. The first kappa shape index (κ1) is 13.1. The molecule has 0 saturated carbocycles. The van der Waals surface area contributed by atoms with E-state index in [1.165, 1.54) is 0 Å². The summed E-state index contributed by atoms with van der Waals surface area (Å²) in [5, 5.41) is 17.9. The van der Waals surface area contributed by atoms with E-state index in [4.69, 9.17) is 10.4 Å². The number of anilines is 2. The molecule has 0 aliphatic rings. The van der Waals surface area contributed by atoms with Crippen LogP contribution in [0.5, 0.6) is 0 Å². The molecule has 0 aliphatic heterocycles. The van der Waals surface area contributed by atoms with Gasteiger partial charge in [0.1, 0.15) is 5.82 Å². The number of benzene rings is 1. The number of aromatic nitrogens is 1. The predicted octanol–water partition coefficient (Wildman–Crippen LogP) is 2.52. The molecule has 0 radical (unpaired) electrons. The van der Waals surface area contributed by atoms with Crippen molar-refractivity contribution in [2.75, 3.05) is 11.9 Å². The lowest BCUT2D eigenvalue weighted by Crippen LogP contribution is -2.13. The molecule has 1 N–H and O–H groups in total. The van der Waals surface area contributed by atoms with Gasteiger partial charge in [0.2, 0.25) is 0 Å².